The molecule has 0 radical (unpaired) electrons. The van der Waals surface area contributed by atoms with Crippen molar-refractivity contribution in [1.29, 1.82) is 0 Å². The summed E-state index contributed by atoms with van der Waals surface area (Å²) in [4.78, 5) is 17.3. The molecule has 1 saturated heterocycles. The van der Waals surface area contributed by atoms with Crippen LogP contribution in [-0.4, -0.2) is 52.1 Å². The molecule has 2 aromatic carbocycles. The van der Waals surface area contributed by atoms with Crippen molar-refractivity contribution in [2.45, 2.75) is 26.9 Å². The van der Waals surface area contributed by atoms with Gasteiger partial charge in [0.05, 0.1) is 6.54 Å². The van der Waals surface area contributed by atoms with Gasteiger partial charge in [-0.1, -0.05) is 58.9 Å². The summed E-state index contributed by atoms with van der Waals surface area (Å²) in [5, 5.41) is 12.5. The first-order valence-electron chi connectivity index (χ1n) is 10.3. The summed E-state index contributed by atoms with van der Waals surface area (Å²) in [6.07, 6.45) is 0. The first-order valence-corrected chi connectivity index (χ1v) is 11.1. The average molecular weight is 422 g/mol. The normalized spacial score (nSPS) is 15.3. The zero-order valence-corrected chi connectivity index (χ0v) is 18.3. The molecular weight excluding hydrogens is 394 g/mol. The van der Waals surface area contributed by atoms with E-state index >= 15 is 0 Å². The van der Waals surface area contributed by atoms with Gasteiger partial charge in [0.1, 0.15) is 5.01 Å². The van der Waals surface area contributed by atoms with E-state index in [0.717, 1.165) is 55.5 Å². The van der Waals surface area contributed by atoms with Crippen molar-refractivity contribution in [3.05, 3.63) is 75.2 Å². The Morgan fingerprint density at radius 3 is 2.33 bits per heavy atom. The number of rotatable bonds is 6. The van der Waals surface area contributed by atoms with E-state index < -0.39 is 0 Å². The fraction of sp³-hybridized carbons (Fsp3) is 0.348. The summed E-state index contributed by atoms with van der Waals surface area (Å²) in [6, 6.07) is 16.5. The monoisotopic (exact) mass is 421 g/mol. The van der Waals surface area contributed by atoms with Gasteiger partial charge >= 0.3 is 0 Å². The predicted octanol–water partition coefficient (Wildman–Crippen LogP) is 3.73. The van der Waals surface area contributed by atoms with E-state index in [1.165, 1.54) is 22.5 Å². The standard InChI is InChI=1S/C23H27N5OS/c1-17-6-8-20(9-7-17)24-22(29)23-26-25-21(30-23)16-28-12-10-27(11-13-28)15-19-5-3-4-18(2)14-19/h3-9,14H,10-13,15-16H2,1-2H3,(H,24,29). The number of hydrogen-bond acceptors (Lipinski definition) is 6. The maximum absolute atomic E-state index is 12.4. The summed E-state index contributed by atoms with van der Waals surface area (Å²) < 4.78 is 0. The van der Waals surface area contributed by atoms with E-state index in [9.17, 15) is 4.79 Å². The number of anilines is 1. The van der Waals surface area contributed by atoms with Gasteiger partial charge in [0.15, 0.2) is 0 Å². The van der Waals surface area contributed by atoms with Gasteiger partial charge in [0.25, 0.3) is 5.91 Å². The molecule has 1 aromatic heterocycles. The van der Waals surface area contributed by atoms with Crippen molar-refractivity contribution in [3.8, 4) is 0 Å². The van der Waals surface area contributed by atoms with Crippen LogP contribution in [0.5, 0.6) is 0 Å². The van der Waals surface area contributed by atoms with Gasteiger partial charge in [0, 0.05) is 38.4 Å². The Bertz CT molecular complexity index is 993. The summed E-state index contributed by atoms with van der Waals surface area (Å²) in [6.45, 7) is 9.96. The number of amides is 1. The lowest BCUT2D eigenvalue weighted by Gasteiger charge is -2.34. The van der Waals surface area contributed by atoms with Crippen LogP contribution < -0.4 is 5.32 Å². The molecule has 1 aliphatic rings. The maximum atomic E-state index is 12.4. The molecule has 0 spiro atoms. The highest BCUT2D eigenvalue weighted by Crippen LogP contribution is 2.17. The fourth-order valence-electron chi connectivity index (χ4n) is 3.60. The largest absolute Gasteiger partial charge is 0.320 e. The molecule has 1 aliphatic heterocycles. The molecule has 0 unspecified atom stereocenters. The third kappa shape index (κ3) is 5.50. The second-order valence-corrected chi connectivity index (χ2v) is 8.92. The second kappa shape index (κ2) is 9.47. The fourth-order valence-corrected chi connectivity index (χ4v) is 4.37. The molecule has 1 amide bonds. The highest BCUT2D eigenvalue weighted by Gasteiger charge is 2.20. The van der Waals surface area contributed by atoms with Crippen molar-refractivity contribution >= 4 is 22.9 Å². The number of aryl methyl sites for hydroxylation is 2. The van der Waals surface area contributed by atoms with Gasteiger partial charge in [-0.3, -0.25) is 14.6 Å². The minimum atomic E-state index is -0.203. The zero-order valence-electron chi connectivity index (χ0n) is 17.5. The highest BCUT2D eigenvalue weighted by molar-refractivity contribution is 7.13. The molecular formula is C23H27N5OS. The number of aromatic nitrogens is 2. The van der Waals surface area contributed by atoms with Gasteiger partial charge in [0.2, 0.25) is 5.01 Å². The van der Waals surface area contributed by atoms with Crippen LogP contribution in [0.4, 0.5) is 5.69 Å². The first-order chi connectivity index (χ1) is 14.5. The van der Waals surface area contributed by atoms with E-state index in [1.807, 2.05) is 31.2 Å². The van der Waals surface area contributed by atoms with Crippen LogP contribution in [0.1, 0.15) is 31.5 Å². The summed E-state index contributed by atoms with van der Waals surface area (Å²) in [5.74, 6) is -0.203. The van der Waals surface area contributed by atoms with Crippen molar-refractivity contribution in [3.63, 3.8) is 0 Å². The maximum Gasteiger partial charge on any atom is 0.286 e. The molecule has 0 atom stereocenters. The molecule has 30 heavy (non-hydrogen) atoms. The summed E-state index contributed by atoms with van der Waals surface area (Å²) >= 11 is 1.37. The van der Waals surface area contributed by atoms with E-state index in [4.69, 9.17) is 0 Å². The minimum Gasteiger partial charge on any atom is -0.320 e. The number of nitrogens with zero attached hydrogens (tertiary/aromatic N) is 4. The van der Waals surface area contributed by atoms with E-state index in [1.54, 1.807) is 0 Å². The smallest absolute Gasteiger partial charge is 0.286 e. The Labute approximate surface area is 181 Å². The molecule has 156 valence electrons. The highest BCUT2D eigenvalue weighted by atomic mass is 32.1. The second-order valence-electron chi connectivity index (χ2n) is 7.86. The molecule has 1 fully saturated rings. The Hall–Kier alpha value is -2.61. The van der Waals surface area contributed by atoms with Gasteiger partial charge in [-0.25, -0.2) is 0 Å². The third-order valence-electron chi connectivity index (χ3n) is 5.28. The third-order valence-corrected chi connectivity index (χ3v) is 6.19. The van der Waals surface area contributed by atoms with E-state index in [-0.39, 0.29) is 5.91 Å². The molecule has 0 bridgehead atoms. The zero-order chi connectivity index (χ0) is 20.9. The van der Waals surface area contributed by atoms with E-state index in [0.29, 0.717) is 5.01 Å². The quantitative estimate of drug-likeness (QED) is 0.657. The van der Waals surface area contributed by atoms with Crippen LogP contribution in [-0.2, 0) is 13.1 Å². The predicted molar refractivity (Wildman–Crippen MR) is 121 cm³/mol. The molecule has 4 rings (SSSR count). The van der Waals surface area contributed by atoms with Crippen molar-refractivity contribution in [2.24, 2.45) is 0 Å². The van der Waals surface area contributed by atoms with Crippen molar-refractivity contribution < 1.29 is 4.79 Å². The Morgan fingerprint density at radius 1 is 0.933 bits per heavy atom. The lowest BCUT2D eigenvalue weighted by atomic mass is 10.1. The number of piperazine rings is 1. The van der Waals surface area contributed by atoms with Crippen LogP contribution in [0, 0.1) is 13.8 Å². The van der Waals surface area contributed by atoms with Crippen LogP contribution >= 0.6 is 11.3 Å². The van der Waals surface area contributed by atoms with Crippen LogP contribution in [0.2, 0.25) is 0 Å². The topological polar surface area (TPSA) is 61.4 Å². The number of carbonyl (C=O) groups excluding carboxylic acids is 1. The minimum absolute atomic E-state index is 0.203. The SMILES string of the molecule is Cc1ccc(NC(=O)c2nnc(CN3CCN(Cc4cccc(C)c4)CC3)s2)cc1. The van der Waals surface area contributed by atoms with Gasteiger partial charge in [-0.2, -0.15) is 0 Å². The van der Waals surface area contributed by atoms with Gasteiger partial charge in [-0.05, 0) is 31.5 Å². The summed E-state index contributed by atoms with van der Waals surface area (Å²) in [5.41, 5.74) is 4.61. The number of benzene rings is 2. The van der Waals surface area contributed by atoms with Gasteiger partial charge in [-0.15, -0.1) is 10.2 Å². The molecule has 3 aromatic rings. The van der Waals surface area contributed by atoms with Crippen molar-refractivity contribution in [2.75, 3.05) is 31.5 Å². The van der Waals surface area contributed by atoms with Crippen LogP contribution in [0.25, 0.3) is 0 Å². The van der Waals surface area contributed by atoms with E-state index in [2.05, 4.69) is 56.5 Å². The number of carbonyl (C=O) groups is 1. The lowest BCUT2D eigenvalue weighted by molar-refractivity contribution is 0.102. The summed E-state index contributed by atoms with van der Waals surface area (Å²) in [7, 11) is 0. The Kier molecular flexibility index (Phi) is 6.52. The van der Waals surface area contributed by atoms with Gasteiger partial charge < -0.3 is 5.32 Å². The lowest BCUT2D eigenvalue weighted by Crippen LogP contribution is -2.45. The molecule has 1 N–H and O–H groups in total. The molecule has 0 saturated carbocycles. The van der Waals surface area contributed by atoms with Crippen LogP contribution in [0.15, 0.2) is 48.5 Å². The average Bonchev–Trinajstić information content (AvgIpc) is 3.20. The van der Waals surface area contributed by atoms with Crippen molar-refractivity contribution in [1.82, 2.24) is 20.0 Å². The Morgan fingerprint density at radius 2 is 1.63 bits per heavy atom. The van der Waals surface area contributed by atoms with Crippen LogP contribution in [0.3, 0.4) is 0 Å². The number of nitrogens with one attached hydrogen (secondary N) is 1. The molecule has 0 aliphatic carbocycles. The molecule has 2 heterocycles. The molecule has 7 heteroatoms. The number of hydrogen-bond donors (Lipinski definition) is 1. The molecule has 6 nitrogen and oxygen atoms in total. The first kappa shape index (κ1) is 20.7. The Balaban J connectivity index is 1.26.